The van der Waals surface area contributed by atoms with E-state index < -0.39 is 40.2 Å². The van der Waals surface area contributed by atoms with Gasteiger partial charge in [-0.15, -0.1) is 0 Å². The zero-order valence-electron chi connectivity index (χ0n) is 13.1. The Morgan fingerprint density at radius 3 is 2.76 bits per heavy atom. The Kier molecular flexibility index (Phi) is 5.52. The van der Waals surface area contributed by atoms with Crippen LogP contribution in [0.2, 0.25) is 5.02 Å². The maximum Gasteiger partial charge on any atom is 0.287 e. The first-order valence-electron chi connectivity index (χ1n) is 7.16. The van der Waals surface area contributed by atoms with E-state index in [4.69, 9.17) is 16.9 Å². The predicted octanol–water partition coefficient (Wildman–Crippen LogP) is 2.16. The van der Waals surface area contributed by atoms with Crippen molar-refractivity contribution in [3.63, 3.8) is 0 Å². The summed E-state index contributed by atoms with van der Waals surface area (Å²) in [7, 11) is 0. The van der Waals surface area contributed by atoms with Gasteiger partial charge in [0.15, 0.2) is 0 Å². The molecule has 128 valence electrons. The normalized spacial score (nSPS) is 11.4. The van der Waals surface area contributed by atoms with Crippen LogP contribution in [0.5, 0.6) is 0 Å². The minimum Gasteiger partial charge on any atom is -0.348 e. The summed E-state index contributed by atoms with van der Waals surface area (Å²) in [6.45, 7) is 1.26. The standard InChI is InChI=1S/C16H13ClN4O4/c1-10(13-4-2-3-5-14(13)17)19-15(22)9-20-8-12(21(24)25)6-11(7-18)16(20)23/h2-6,8,10H,9H2,1H3,(H,19,22)/t10-/m1/s1. The minimum atomic E-state index is -0.770. The Bertz CT molecular complexity index is 932. The second kappa shape index (κ2) is 7.59. The number of carbonyl (C=O) groups is 1. The summed E-state index contributed by atoms with van der Waals surface area (Å²) < 4.78 is 0.839. The first-order chi connectivity index (χ1) is 11.8. The summed E-state index contributed by atoms with van der Waals surface area (Å²) in [4.78, 5) is 34.4. The minimum absolute atomic E-state index is 0.402. The molecule has 1 atom stereocenters. The van der Waals surface area contributed by atoms with Crippen molar-refractivity contribution in [2.75, 3.05) is 0 Å². The lowest BCUT2D eigenvalue weighted by Gasteiger charge is -2.16. The SMILES string of the molecule is C[C@@H](NC(=O)Cn1cc([N+](=O)[O-])cc(C#N)c1=O)c1ccccc1Cl. The number of hydrogen-bond donors (Lipinski definition) is 1. The fraction of sp³-hybridized carbons (Fsp3) is 0.188. The van der Waals surface area contributed by atoms with E-state index >= 15 is 0 Å². The maximum atomic E-state index is 12.2. The van der Waals surface area contributed by atoms with Gasteiger partial charge in [0.25, 0.3) is 11.2 Å². The molecule has 0 fully saturated rings. The highest BCUT2D eigenvalue weighted by molar-refractivity contribution is 6.31. The van der Waals surface area contributed by atoms with Gasteiger partial charge in [-0.25, -0.2) is 0 Å². The van der Waals surface area contributed by atoms with Crippen molar-refractivity contribution in [3.05, 3.63) is 73.1 Å². The zero-order valence-corrected chi connectivity index (χ0v) is 13.9. The average Bonchev–Trinajstić information content (AvgIpc) is 2.56. The topological polar surface area (TPSA) is 118 Å². The first kappa shape index (κ1) is 18.2. The van der Waals surface area contributed by atoms with Crippen LogP contribution in [-0.2, 0) is 11.3 Å². The van der Waals surface area contributed by atoms with Crippen molar-refractivity contribution >= 4 is 23.2 Å². The Labute approximate surface area is 147 Å². The quantitative estimate of drug-likeness (QED) is 0.647. The number of pyridine rings is 1. The molecule has 0 aliphatic heterocycles. The Balaban J connectivity index is 2.22. The van der Waals surface area contributed by atoms with Crippen molar-refractivity contribution < 1.29 is 9.72 Å². The average molecular weight is 361 g/mol. The molecular formula is C16H13ClN4O4. The highest BCUT2D eigenvalue weighted by Gasteiger charge is 2.17. The van der Waals surface area contributed by atoms with Gasteiger partial charge in [-0.3, -0.25) is 24.3 Å². The van der Waals surface area contributed by atoms with Gasteiger partial charge in [0.2, 0.25) is 5.91 Å². The number of carbonyl (C=O) groups excluding carboxylic acids is 1. The van der Waals surface area contributed by atoms with Gasteiger partial charge in [0, 0.05) is 11.1 Å². The number of rotatable bonds is 5. The smallest absolute Gasteiger partial charge is 0.287 e. The fourth-order valence-corrected chi connectivity index (χ4v) is 2.56. The summed E-state index contributed by atoms with van der Waals surface area (Å²) in [5.41, 5.74) is -0.917. The summed E-state index contributed by atoms with van der Waals surface area (Å²) in [5, 5.41) is 22.9. The zero-order chi connectivity index (χ0) is 18.6. The van der Waals surface area contributed by atoms with Crippen LogP contribution in [-0.4, -0.2) is 15.4 Å². The number of nitrogens with zero attached hydrogens (tertiary/aromatic N) is 3. The summed E-state index contributed by atoms with van der Waals surface area (Å²) in [6.07, 6.45) is 0.933. The second-order valence-corrected chi connectivity index (χ2v) is 5.63. The molecule has 0 saturated carbocycles. The van der Waals surface area contributed by atoms with E-state index in [0.717, 1.165) is 16.8 Å². The number of nitro groups is 1. The van der Waals surface area contributed by atoms with Crippen LogP contribution in [0.1, 0.15) is 24.1 Å². The van der Waals surface area contributed by atoms with E-state index in [9.17, 15) is 19.7 Å². The molecule has 0 unspecified atom stereocenters. The lowest BCUT2D eigenvalue weighted by atomic mass is 10.1. The van der Waals surface area contributed by atoms with Crippen LogP contribution in [0.15, 0.2) is 41.3 Å². The highest BCUT2D eigenvalue weighted by atomic mass is 35.5. The van der Waals surface area contributed by atoms with Crippen molar-refractivity contribution in [3.8, 4) is 6.07 Å². The molecule has 1 N–H and O–H groups in total. The van der Waals surface area contributed by atoms with Crippen molar-refractivity contribution in [2.24, 2.45) is 0 Å². The molecule has 0 radical (unpaired) electrons. The van der Waals surface area contributed by atoms with Gasteiger partial charge < -0.3 is 5.32 Å². The molecule has 1 heterocycles. The largest absolute Gasteiger partial charge is 0.348 e. The summed E-state index contributed by atoms with van der Waals surface area (Å²) in [6, 6.07) is 9.01. The van der Waals surface area contributed by atoms with E-state index in [1.807, 2.05) is 0 Å². The molecule has 9 heteroatoms. The molecular weight excluding hydrogens is 348 g/mol. The molecule has 8 nitrogen and oxygen atoms in total. The molecule has 1 aromatic heterocycles. The van der Waals surface area contributed by atoms with E-state index in [0.29, 0.717) is 10.6 Å². The third kappa shape index (κ3) is 4.22. The number of benzene rings is 1. The van der Waals surface area contributed by atoms with E-state index in [-0.39, 0.29) is 0 Å². The molecule has 1 amide bonds. The van der Waals surface area contributed by atoms with E-state index in [1.54, 1.807) is 37.3 Å². The molecule has 1 aromatic carbocycles. The number of amides is 1. The first-order valence-corrected chi connectivity index (χ1v) is 7.54. The fourth-order valence-electron chi connectivity index (χ4n) is 2.26. The predicted molar refractivity (Wildman–Crippen MR) is 90.1 cm³/mol. The van der Waals surface area contributed by atoms with Crippen LogP contribution in [0.4, 0.5) is 5.69 Å². The van der Waals surface area contributed by atoms with Crippen LogP contribution in [0.25, 0.3) is 0 Å². The van der Waals surface area contributed by atoms with Gasteiger partial charge in [-0.2, -0.15) is 5.26 Å². The number of nitrogens with one attached hydrogen (secondary N) is 1. The van der Waals surface area contributed by atoms with Crippen LogP contribution in [0, 0.1) is 21.4 Å². The lowest BCUT2D eigenvalue weighted by Crippen LogP contribution is -2.34. The van der Waals surface area contributed by atoms with Gasteiger partial charge in [0.05, 0.1) is 17.2 Å². The number of nitriles is 1. The Morgan fingerprint density at radius 1 is 1.48 bits per heavy atom. The monoisotopic (exact) mass is 360 g/mol. The van der Waals surface area contributed by atoms with E-state index in [2.05, 4.69) is 5.32 Å². The van der Waals surface area contributed by atoms with Gasteiger partial charge in [0.1, 0.15) is 18.2 Å². The van der Waals surface area contributed by atoms with E-state index in [1.165, 1.54) is 0 Å². The maximum absolute atomic E-state index is 12.2. The Hall–Kier alpha value is -3.18. The molecule has 2 aromatic rings. The number of halogens is 1. The van der Waals surface area contributed by atoms with Crippen LogP contribution in [0.3, 0.4) is 0 Å². The van der Waals surface area contributed by atoms with Crippen molar-refractivity contribution in [1.82, 2.24) is 9.88 Å². The third-order valence-electron chi connectivity index (χ3n) is 3.47. The molecule has 25 heavy (non-hydrogen) atoms. The molecule has 2 rings (SSSR count). The Morgan fingerprint density at radius 2 is 2.16 bits per heavy atom. The number of hydrogen-bond acceptors (Lipinski definition) is 5. The van der Waals surface area contributed by atoms with Crippen LogP contribution < -0.4 is 10.9 Å². The highest BCUT2D eigenvalue weighted by Crippen LogP contribution is 2.22. The molecule has 0 aliphatic carbocycles. The number of aromatic nitrogens is 1. The van der Waals surface area contributed by atoms with Crippen molar-refractivity contribution in [2.45, 2.75) is 19.5 Å². The van der Waals surface area contributed by atoms with Gasteiger partial charge in [-0.1, -0.05) is 29.8 Å². The molecule has 0 saturated heterocycles. The lowest BCUT2D eigenvalue weighted by molar-refractivity contribution is -0.385. The molecule has 0 spiro atoms. The molecule has 0 bridgehead atoms. The van der Waals surface area contributed by atoms with Gasteiger partial charge >= 0.3 is 0 Å². The summed E-state index contributed by atoms with van der Waals surface area (Å²) >= 11 is 6.07. The van der Waals surface area contributed by atoms with Crippen LogP contribution >= 0.6 is 11.6 Å². The second-order valence-electron chi connectivity index (χ2n) is 5.22. The molecule has 0 aliphatic rings. The van der Waals surface area contributed by atoms with Gasteiger partial charge in [-0.05, 0) is 18.6 Å². The van der Waals surface area contributed by atoms with Crippen molar-refractivity contribution in [1.29, 1.82) is 5.26 Å². The summed E-state index contributed by atoms with van der Waals surface area (Å²) in [5.74, 6) is -0.543. The third-order valence-corrected chi connectivity index (χ3v) is 3.81.